The van der Waals surface area contributed by atoms with Crippen LogP contribution in [0.15, 0.2) is 23.2 Å². The van der Waals surface area contributed by atoms with Crippen molar-refractivity contribution in [2.75, 3.05) is 18.4 Å². The van der Waals surface area contributed by atoms with E-state index >= 15 is 0 Å². The Kier molecular flexibility index (Phi) is 1.59. The average molecular weight is 201 g/mol. The van der Waals surface area contributed by atoms with Gasteiger partial charge in [0.05, 0.1) is 12.2 Å². The molecule has 4 nitrogen and oxygen atoms in total. The molecule has 2 aliphatic heterocycles. The van der Waals surface area contributed by atoms with Crippen LogP contribution in [0, 0.1) is 6.92 Å². The van der Waals surface area contributed by atoms with E-state index in [0.29, 0.717) is 13.1 Å². The van der Waals surface area contributed by atoms with Gasteiger partial charge in [-0.1, -0.05) is 12.1 Å². The molecule has 0 unspecified atom stereocenters. The van der Waals surface area contributed by atoms with Crippen LogP contribution in [-0.2, 0) is 0 Å². The Balaban J connectivity index is 2.23. The van der Waals surface area contributed by atoms with Gasteiger partial charge in [0.25, 0.3) is 0 Å². The molecule has 0 radical (unpaired) electrons. The second kappa shape index (κ2) is 2.82. The van der Waals surface area contributed by atoms with Crippen molar-refractivity contribution in [1.29, 1.82) is 0 Å². The van der Waals surface area contributed by atoms with Gasteiger partial charge in [-0.3, -0.25) is 9.89 Å². The quantitative estimate of drug-likeness (QED) is 0.680. The maximum Gasteiger partial charge on any atom is 0.327 e. The lowest BCUT2D eigenvalue weighted by atomic mass is 10.1. The van der Waals surface area contributed by atoms with E-state index in [-0.39, 0.29) is 6.03 Å². The van der Waals surface area contributed by atoms with E-state index < -0.39 is 0 Å². The van der Waals surface area contributed by atoms with Crippen molar-refractivity contribution in [1.82, 2.24) is 4.90 Å². The van der Waals surface area contributed by atoms with Gasteiger partial charge in [0.15, 0.2) is 0 Å². The number of hydrogen-bond acceptors (Lipinski definition) is 2. The van der Waals surface area contributed by atoms with E-state index in [0.717, 1.165) is 22.6 Å². The van der Waals surface area contributed by atoms with Crippen LogP contribution >= 0.6 is 0 Å². The standard InChI is InChI=1S/C11H11N3O/c1-7-3-2-4-8-9(7)13-11(15)14-6-5-12-10(8)14/h2-4H,5-6H2,1H3,(H,13,15). The highest BCUT2D eigenvalue weighted by molar-refractivity contribution is 6.19. The lowest BCUT2D eigenvalue weighted by molar-refractivity contribution is 0.235. The summed E-state index contributed by atoms with van der Waals surface area (Å²) in [6.45, 7) is 3.38. The summed E-state index contributed by atoms with van der Waals surface area (Å²) >= 11 is 0. The number of nitrogens with one attached hydrogen (secondary N) is 1. The fraction of sp³-hybridized carbons (Fsp3) is 0.273. The van der Waals surface area contributed by atoms with Crippen LogP contribution in [0.4, 0.5) is 10.5 Å². The number of anilines is 1. The summed E-state index contributed by atoms with van der Waals surface area (Å²) in [7, 11) is 0. The minimum atomic E-state index is -0.0620. The normalized spacial score (nSPS) is 18.1. The van der Waals surface area contributed by atoms with Crippen LogP contribution in [-0.4, -0.2) is 29.9 Å². The third-order valence-corrected chi connectivity index (χ3v) is 2.83. The van der Waals surface area contributed by atoms with Crippen LogP contribution < -0.4 is 5.32 Å². The summed E-state index contributed by atoms with van der Waals surface area (Å²) in [5.41, 5.74) is 3.02. The molecule has 0 spiro atoms. The van der Waals surface area contributed by atoms with Crippen molar-refractivity contribution in [3.8, 4) is 0 Å². The van der Waals surface area contributed by atoms with Gasteiger partial charge in [0.1, 0.15) is 5.84 Å². The van der Waals surface area contributed by atoms with Gasteiger partial charge in [0.2, 0.25) is 0 Å². The minimum absolute atomic E-state index is 0.0620. The van der Waals surface area contributed by atoms with E-state index in [1.54, 1.807) is 4.90 Å². The molecule has 76 valence electrons. The van der Waals surface area contributed by atoms with E-state index in [1.165, 1.54) is 0 Å². The van der Waals surface area contributed by atoms with E-state index in [1.807, 2.05) is 25.1 Å². The number of carbonyl (C=O) groups excluding carboxylic acids is 1. The largest absolute Gasteiger partial charge is 0.327 e. The lowest BCUT2D eigenvalue weighted by Gasteiger charge is -2.27. The van der Waals surface area contributed by atoms with Crippen LogP contribution in [0.5, 0.6) is 0 Å². The first-order valence-electron chi connectivity index (χ1n) is 5.00. The molecule has 0 fully saturated rings. The number of nitrogens with zero attached hydrogens (tertiary/aromatic N) is 2. The Morgan fingerprint density at radius 3 is 3.20 bits per heavy atom. The van der Waals surface area contributed by atoms with Crippen molar-refractivity contribution in [2.45, 2.75) is 6.92 Å². The summed E-state index contributed by atoms with van der Waals surface area (Å²) in [4.78, 5) is 17.8. The molecule has 1 aromatic carbocycles. The number of rotatable bonds is 0. The molecule has 0 saturated heterocycles. The Hall–Kier alpha value is -1.84. The molecule has 1 aromatic rings. The number of para-hydroxylation sites is 1. The van der Waals surface area contributed by atoms with Gasteiger partial charge >= 0.3 is 6.03 Å². The summed E-state index contributed by atoms with van der Waals surface area (Å²) < 4.78 is 0. The number of amides is 2. The molecule has 0 aliphatic carbocycles. The number of aryl methyl sites for hydroxylation is 1. The molecule has 0 saturated carbocycles. The summed E-state index contributed by atoms with van der Waals surface area (Å²) in [5.74, 6) is 0.817. The molecular formula is C11H11N3O. The van der Waals surface area contributed by atoms with Crippen LogP contribution in [0.2, 0.25) is 0 Å². The number of benzene rings is 1. The summed E-state index contributed by atoms with van der Waals surface area (Å²) in [5, 5.41) is 2.91. The Morgan fingerprint density at radius 1 is 1.47 bits per heavy atom. The van der Waals surface area contributed by atoms with E-state index in [2.05, 4.69) is 10.3 Å². The number of urea groups is 1. The number of fused-ring (bicyclic) bond motifs is 3. The molecule has 0 aromatic heterocycles. The predicted molar refractivity (Wildman–Crippen MR) is 58.3 cm³/mol. The van der Waals surface area contributed by atoms with Crippen molar-refractivity contribution < 1.29 is 4.79 Å². The highest BCUT2D eigenvalue weighted by Crippen LogP contribution is 2.28. The van der Waals surface area contributed by atoms with Crippen molar-refractivity contribution in [3.05, 3.63) is 29.3 Å². The predicted octanol–water partition coefficient (Wildman–Crippen LogP) is 1.60. The van der Waals surface area contributed by atoms with Gasteiger partial charge in [-0.05, 0) is 18.6 Å². The first-order valence-corrected chi connectivity index (χ1v) is 5.00. The molecule has 15 heavy (non-hydrogen) atoms. The molecule has 0 atom stereocenters. The highest BCUT2D eigenvalue weighted by atomic mass is 16.2. The SMILES string of the molecule is Cc1cccc2c1NC(=O)N1CCN=C21. The molecule has 2 aliphatic rings. The molecule has 0 bridgehead atoms. The molecule has 2 amide bonds. The molecule has 2 heterocycles. The highest BCUT2D eigenvalue weighted by Gasteiger charge is 2.31. The monoisotopic (exact) mass is 201 g/mol. The summed E-state index contributed by atoms with van der Waals surface area (Å²) in [6, 6.07) is 5.92. The lowest BCUT2D eigenvalue weighted by Crippen LogP contribution is -2.42. The molecular weight excluding hydrogens is 190 g/mol. The first kappa shape index (κ1) is 8.47. The second-order valence-electron chi connectivity index (χ2n) is 3.78. The van der Waals surface area contributed by atoms with Gasteiger partial charge in [-0.15, -0.1) is 0 Å². The third-order valence-electron chi connectivity index (χ3n) is 2.83. The zero-order chi connectivity index (χ0) is 10.4. The molecule has 1 N–H and O–H groups in total. The average Bonchev–Trinajstić information content (AvgIpc) is 2.69. The number of hydrogen-bond donors (Lipinski definition) is 1. The van der Waals surface area contributed by atoms with Gasteiger partial charge in [-0.25, -0.2) is 4.79 Å². The van der Waals surface area contributed by atoms with Crippen LogP contribution in [0.3, 0.4) is 0 Å². The third kappa shape index (κ3) is 1.08. The Labute approximate surface area is 87.6 Å². The first-order chi connectivity index (χ1) is 7.27. The van der Waals surface area contributed by atoms with Crippen molar-refractivity contribution >= 4 is 17.6 Å². The molecule has 3 rings (SSSR count). The van der Waals surface area contributed by atoms with Crippen LogP contribution in [0.25, 0.3) is 0 Å². The second-order valence-corrected chi connectivity index (χ2v) is 3.78. The van der Waals surface area contributed by atoms with Gasteiger partial charge in [0, 0.05) is 12.1 Å². The van der Waals surface area contributed by atoms with Crippen LogP contribution in [0.1, 0.15) is 11.1 Å². The zero-order valence-electron chi connectivity index (χ0n) is 8.45. The zero-order valence-corrected chi connectivity index (χ0v) is 8.45. The summed E-state index contributed by atoms with van der Waals surface area (Å²) in [6.07, 6.45) is 0. The van der Waals surface area contributed by atoms with Crippen molar-refractivity contribution in [2.24, 2.45) is 4.99 Å². The fourth-order valence-electron chi connectivity index (χ4n) is 2.07. The Morgan fingerprint density at radius 2 is 2.33 bits per heavy atom. The smallest absolute Gasteiger partial charge is 0.307 e. The Bertz CT molecular complexity index is 479. The molecule has 4 heteroatoms. The topological polar surface area (TPSA) is 44.7 Å². The number of aliphatic imine (C=N–C) groups is 1. The fourth-order valence-corrected chi connectivity index (χ4v) is 2.07. The maximum atomic E-state index is 11.7. The number of amidine groups is 1. The minimum Gasteiger partial charge on any atom is -0.307 e. The van der Waals surface area contributed by atoms with Gasteiger partial charge in [-0.2, -0.15) is 0 Å². The van der Waals surface area contributed by atoms with E-state index in [9.17, 15) is 4.79 Å². The van der Waals surface area contributed by atoms with E-state index in [4.69, 9.17) is 0 Å². The van der Waals surface area contributed by atoms with Gasteiger partial charge < -0.3 is 5.32 Å². The maximum absolute atomic E-state index is 11.7. The van der Waals surface area contributed by atoms with Crippen molar-refractivity contribution in [3.63, 3.8) is 0 Å². The number of carbonyl (C=O) groups is 1.